The summed E-state index contributed by atoms with van der Waals surface area (Å²) in [4.78, 5) is 14.1. The molecule has 0 unspecified atom stereocenters. The minimum atomic E-state index is -0.348. The molecule has 0 saturated heterocycles. The second-order valence-electron chi connectivity index (χ2n) is 4.72. The number of anilines is 1. The average Bonchev–Trinajstić information content (AvgIpc) is 2.51. The molecule has 1 aliphatic heterocycles. The molecular formula is C15H11Cl2NO4. The largest absolute Gasteiger partial charge is 0.505 e. The number of hydrogen-bond acceptors (Lipinski definition) is 4. The molecule has 1 amide bonds. The smallest absolute Gasteiger partial charge is 0.258 e. The zero-order valence-electron chi connectivity index (χ0n) is 11.2. The molecule has 0 radical (unpaired) electrons. The van der Waals surface area contributed by atoms with Crippen LogP contribution in [-0.2, 0) is 0 Å². The number of aromatic hydroxyl groups is 2. The van der Waals surface area contributed by atoms with Crippen molar-refractivity contribution in [2.24, 2.45) is 0 Å². The number of carbonyl (C=O) groups excluding carboxylic acids is 1. The van der Waals surface area contributed by atoms with Crippen LogP contribution in [-0.4, -0.2) is 29.3 Å². The van der Waals surface area contributed by atoms with Gasteiger partial charge in [-0.05, 0) is 24.3 Å². The molecule has 3 rings (SSSR count). The van der Waals surface area contributed by atoms with E-state index in [0.717, 1.165) is 0 Å². The fourth-order valence-corrected chi connectivity index (χ4v) is 2.78. The molecule has 22 heavy (non-hydrogen) atoms. The van der Waals surface area contributed by atoms with Gasteiger partial charge >= 0.3 is 0 Å². The Morgan fingerprint density at radius 1 is 1.18 bits per heavy atom. The molecule has 1 aliphatic rings. The molecule has 0 bridgehead atoms. The van der Waals surface area contributed by atoms with Crippen LogP contribution in [0.2, 0.25) is 10.0 Å². The van der Waals surface area contributed by atoms with Gasteiger partial charge in [-0.1, -0.05) is 29.3 Å². The first-order chi connectivity index (χ1) is 10.5. The molecule has 7 heteroatoms. The van der Waals surface area contributed by atoms with Crippen LogP contribution in [0.3, 0.4) is 0 Å². The average molecular weight is 340 g/mol. The van der Waals surface area contributed by atoms with Crippen molar-refractivity contribution in [3.63, 3.8) is 0 Å². The van der Waals surface area contributed by atoms with Crippen molar-refractivity contribution in [1.82, 2.24) is 0 Å². The van der Waals surface area contributed by atoms with Gasteiger partial charge in [0, 0.05) is 5.56 Å². The standard InChI is InChI=1S/C15H11Cl2NO4/c16-9-6-8(7-10(17)13(9)20)15(21)18-4-5-22-14-11(18)2-1-3-12(14)19/h1-3,6-7,19-20H,4-5H2. The van der Waals surface area contributed by atoms with Crippen LogP contribution in [0.25, 0.3) is 0 Å². The summed E-state index contributed by atoms with van der Waals surface area (Å²) in [6.07, 6.45) is 0. The number of ether oxygens (including phenoxy) is 1. The number of benzene rings is 2. The minimum Gasteiger partial charge on any atom is -0.505 e. The molecule has 0 fully saturated rings. The maximum atomic E-state index is 12.7. The van der Waals surface area contributed by atoms with Crippen molar-refractivity contribution in [2.45, 2.75) is 0 Å². The van der Waals surface area contributed by atoms with E-state index in [4.69, 9.17) is 27.9 Å². The van der Waals surface area contributed by atoms with Crippen LogP contribution in [0.1, 0.15) is 10.4 Å². The van der Waals surface area contributed by atoms with E-state index >= 15 is 0 Å². The van der Waals surface area contributed by atoms with Gasteiger partial charge in [-0.15, -0.1) is 0 Å². The maximum Gasteiger partial charge on any atom is 0.258 e. The summed E-state index contributed by atoms with van der Waals surface area (Å²) in [5.41, 5.74) is 0.709. The van der Waals surface area contributed by atoms with E-state index in [1.807, 2.05) is 0 Å². The third-order valence-corrected chi connectivity index (χ3v) is 3.91. The van der Waals surface area contributed by atoms with Gasteiger partial charge in [0.05, 0.1) is 22.3 Å². The summed E-state index contributed by atoms with van der Waals surface area (Å²) in [5, 5.41) is 19.4. The van der Waals surface area contributed by atoms with Crippen molar-refractivity contribution in [3.05, 3.63) is 45.9 Å². The number of rotatable bonds is 1. The maximum absolute atomic E-state index is 12.7. The number of amides is 1. The van der Waals surface area contributed by atoms with Crippen LogP contribution in [0.4, 0.5) is 5.69 Å². The first-order valence-electron chi connectivity index (χ1n) is 6.43. The molecule has 1 heterocycles. The molecule has 0 aromatic heterocycles. The highest BCUT2D eigenvalue weighted by Gasteiger charge is 2.27. The molecule has 2 aromatic rings. The number of halogens is 2. The highest BCUT2D eigenvalue weighted by Crippen LogP contribution is 2.40. The monoisotopic (exact) mass is 339 g/mol. The second-order valence-corrected chi connectivity index (χ2v) is 5.53. The molecule has 0 saturated carbocycles. The molecule has 0 aliphatic carbocycles. The molecule has 114 valence electrons. The summed E-state index contributed by atoms with van der Waals surface area (Å²) < 4.78 is 5.40. The SMILES string of the molecule is O=C(c1cc(Cl)c(O)c(Cl)c1)N1CCOc2c(O)cccc21. The predicted molar refractivity (Wildman–Crippen MR) is 83.4 cm³/mol. The molecule has 0 atom stereocenters. The van der Waals surface area contributed by atoms with Gasteiger partial charge in [-0.3, -0.25) is 4.79 Å². The Labute approximate surface area is 136 Å². The minimum absolute atomic E-state index is 0.000224. The Hall–Kier alpha value is -2.11. The lowest BCUT2D eigenvalue weighted by atomic mass is 10.1. The lowest BCUT2D eigenvalue weighted by Gasteiger charge is -2.30. The van der Waals surface area contributed by atoms with Crippen LogP contribution in [0.15, 0.2) is 30.3 Å². The molecule has 5 nitrogen and oxygen atoms in total. The summed E-state index contributed by atoms with van der Waals surface area (Å²) in [6.45, 7) is 0.585. The van der Waals surface area contributed by atoms with Gasteiger partial charge in [0.1, 0.15) is 6.61 Å². The van der Waals surface area contributed by atoms with E-state index in [1.54, 1.807) is 12.1 Å². The van der Waals surface area contributed by atoms with Crippen LogP contribution in [0, 0.1) is 0 Å². The number of hydrogen-bond donors (Lipinski definition) is 2. The first-order valence-corrected chi connectivity index (χ1v) is 7.19. The van der Waals surface area contributed by atoms with E-state index in [-0.39, 0.29) is 45.4 Å². The van der Waals surface area contributed by atoms with E-state index in [2.05, 4.69) is 0 Å². The Balaban J connectivity index is 2.03. The second kappa shape index (κ2) is 5.59. The number of phenols is 2. The van der Waals surface area contributed by atoms with Gasteiger partial charge in [0.15, 0.2) is 17.2 Å². The van der Waals surface area contributed by atoms with Crippen LogP contribution in [0.5, 0.6) is 17.2 Å². The summed E-state index contributed by atoms with van der Waals surface area (Å²) in [7, 11) is 0. The normalized spacial score (nSPS) is 13.5. The van der Waals surface area contributed by atoms with Gasteiger partial charge in [0.2, 0.25) is 0 Å². The lowest BCUT2D eigenvalue weighted by Crippen LogP contribution is -2.37. The van der Waals surface area contributed by atoms with Gasteiger partial charge in [0.25, 0.3) is 5.91 Å². The summed E-state index contributed by atoms with van der Waals surface area (Å²) in [5.74, 6) is -0.381. The zero-order valence-corrected chi connectivity index (χ0v) is 12.7. The Morgan fingerprint density at radius 2 is 1.86 bits per heavy atom. The fraction of sp³-hybridized carbons (Fsp3) is 0.133. The van der Waals surface area contributed by atoms with Crippen molar-refractivity contribution in [1.29, 1.82) is 0 Å². The molecule has 2 N–H and O–H groups in total. The highest BCUT2D eigenvalue weighted by molar-refractivity contribution is 6.37. The molecular weight excluding hydrogens is 329 g/mol. The quantitative estimate of drug-likeness (QED) is 0.834. The third-order valence-electron chi connectivity index (χ3n) is 3.33. The first kappa shape index (κ1) is 14.8. The van der Waals surface area contributed by atoms with E-state index in [0.29, 0.717) is 12.2 Å². The van der Waals surface area contributed by atoms with Crippen molar-refractivity contribution in [3.8, 4) is 17.2 Å². The third kappa shape index (κ3) is 2.42. The van der Waals surface area contributed by atoms with E-state index in [9.17, 15) is 15.0 Å². The van der Waals surface area contributed by atoms with Crippen molar-refractivity contribution >= 4 is 34.8 Å². The highest BCUT2D eigenvalue weighted by atomic mass is 35.5. The zero-order chi connectivity index (χ0) is 15.9. The van der Waals surface area contributed by atoms with Crippen LogP contribution >= 0.6 is 23.2 Å². The van der Waals surface area contributed by atoms with E-state index in [1.165, 1.54) is 23.1 Å². The summed E-state index contributed by atoms with van der Waals surface area (Å²) >= 11 is 11.7. The summed E-state index contributed by atoms with van der Waals surface area (Å²) in [6, 6.07) is 7.49. The van der Waals surface area contributed by atoms with Crippen molar-refractivity contribution in [2.75, 3.05) is 18.1 Å². The lowest BCUT2D eigenvalue weighted by molar-refractivity contribution is 0.0976. The predicted octanol–water partition coefficient (Wildman–Crippen LogP) is 3.44. The number of fused-ring (bicyclic) bond motifs is 1. The van der Waals surface area contributed by atoms with Gasteiger partial charge < -0.3 is 19.8 Å². The number of carbonyl (C=O) groups is 1. The Bertz CT molecular complexity index is 740. The number of para-hydroxylation sites is 1. The Kier molecular flexibility index (Phi) is 3.76. The Morgan fingerprint density at radius 3 is 2.55 bits per heavy atom. The molecule has 2 aromatic carbocycles. The van der Waals surface area contributed by atoms with Crippen LogP contribution < -0.4 is 9.64 Å². The fourth-order valence-electron chi connectivity index (χ4n) is 2.29. The van der Waals surface area contributed by atoms with E-state index < -0.39 is 0 Å². The molecule has 0 spiro atoms. The number of phenolic OH excluding ortho intramolecular Hbond substituents is 2. The van der Waals surface area contributed by atoms with Crippen molar-refractivity contribution < 1.29 is 19.7 Å². The topological polar surface area (TPSA) is 70.0 Å². The van der Waals surface area contributed by atoms with Gasteiger partial charge in [-0.25, -0.2) is 0 Å². The van der Waals surface area contributed by atoms with Gasteiger partial charge in [-0.2, -0.15) is 0 Å². The number of nitrogens with zero attached hydrogens (tertiary/aromatic N) is 1.